The van der Waals surface area contributed by atoms with Crippen molar-refractivity contribution in [1.82, 2.24) is 15.0 Å². The number of nitrogens with zero attached hydrogens (tertiary/aromatic N) is 3. The van der Waals surface area contributed by atoms with Crippen molar-refractivity contribution in [3.63, 3.8) is 0 Å². The first kappa shape index (κ1) is 35.6. The van der Waals surface area contributed by atoms with Gasteiger partial charge in [0.1, 0.15) is 16.4 Å². The second kappa shape index (κ2) is 13.3. The molecular formula is C30H29ClN6O10S2. The van der Waals surface area contributed by atoms with Crippen LogP contribution in [-0.4, -0.2) is 72.3 Å². The molecule has 16 nitrogen and oxygen atoms in total. The molecule has 0 spiro atoms. The summed E-state index contributed by atoms with van der Waals surface area (Å²) in [4.78, 5) is 38.1. The fourth-order valence-electron chi connectivity index (χ4n) is 5.60. The average molecular weight is 733 g/mol. The number of fused-ring (bicyclic) bond motifs is 2. The van der Waals surface area contributed by atoms with Crippen LogP contribution in [0, 0.1) is 20.8 Å². The molecule has 1 aliphatic rings. The van der Waals surface area contributed by atoms with Crippen molar-refractivity contribution in [3.8, 4) is 6.01 Å². The van der Waals surface area contributed by atoms with Crippen LogP contribution in [-0.2, 0) is 25.0 Å². The van der Waals surface area contributed by atoms with E-state index in [-0.39, 0.29) is 80.9 Å². The molecule has 0 fully saturated rings. The lowest BCUT2D eigenvalue weighted by Gasteiger charge is -2.26. The second-order valence-corrected chi connectivity index (χ2v) is 13.8. The lowest BCUT2D eigenvalue weighted by atomic mass is 9.82. The molecule has 0 unspecified atom stereocenters. The SMILES string of the molecule is CCOCCOc1nc(Cl)nc(Nc2c(C)c(Nc3cc(S(=O)(=O)O)c(N)c4c3C(=O)c3ccccc3C4=O)c(C)c(S(=O)(=O)O)c2C)n1. The van der Waals surface area contributed by atoms with Gasteiger partial charge in [-0.3, -0.25) is 18.7 Å². The fourth-order valence-corrected chi connectivity index (χ4v) is 7.38. The zero-order valence-corrected chi connectivity index (χ0v) is 28.7. The first-order valence-corrected chi connectivity index (χ1v) is 17.6. The van der Waals surface area contributed by atoms with Gasteiger partial charge < -0.3 is 25.8 Å². The van der Waals surface area contributed by atoms with E-state index in [1.807, 2.05) is 6.92 Å². The van der Waals surface area contributed by atoms with E-state index in [9.17, 15) is 35.5 Å². The number of nitrogens with two attached hydrogens (primary N) is 1. The fraction of sp³-hybridized carbons (Fsp3) is 0.233. The highest BCUT2D eigenvalue weighted by Crippen LogP contribution is 2.44. The molecule has 0 bridgehead atoms. The summed E-state index contributed by atoms with van der Waals surface area (Å²) in [6.07, 6.45) is 0. The minimum absolute atomic E-state index is 0.00591. The summed E-state index contributed by atoms with van der Waals surface area (Å²) < 4.78 is 81.4. The molecule has 258 valence electrons. The van der Waals surface area contributed by atoms with Gasteiger partial charge in [0.2, 0.25) is 11.2 Å². The third-order valence-electron chi connectivity index (χ3n) is 7.66. The first-order chi connectivity index (χ1) is 22.9. The Morgan fingerprint density at radius 1 is 0.837 bits per heavy atom. The van der Waals surface area contributed by atoms with Gasteiger partial charge in [-0.25, -0.2) is 0 Å². The van der Waals surface area contributed by atoms with Crippen molar-refractivity contribution in [2.24, 2.45) is 0 Å². The number of aromatic nitrogens is 3. The van der Waals surface area contributed by atoms with Crippen molar-refractivity contribution >= 4 is 72.1 Å². The summed E-state index contributed by atoms with van der Waals surface area (Å²) >= 11 is 6.10. The lowest BCUT2D eigenvalue weighted by Crippen LogP contribution is -2.25. The van der Waals surface area contributed by atoms with E-state index in [1.54, 1.807) is 0 Å². The van der Waals surface area contributed by atoms with Crippen LogP contribution in [0.25, 0.3) is 0 Å². The van der Waals surface area contributed by atoms with Gasteiger partial charge in [0.05, 0.1) is 34.8 Å². The number of halogens is 1. The molecule has 0 atom stereocenters. The number of ether oxygens (including phenoxy) is 2. The molecule has 1 heterocycles. The Morgan fingerprint density at radius 3 is 2.00 bits per heavy atom. The van der Waals surface area contributed by atoms with Gasteiger partial charge in [0, 0.05) is 23.4 Å². The third kappa shape index (κ3) is 6.78. The molecule has 0 radical (unpaired) electrons. The number of hydrogen-bond acceptors (Lipinski definition) is 14. The van der Waals surface area contributed by atoms with E-state index >= 15 is 0 Å². The zero-order valence-electron chi connectivity index (χ0n) is 26.3. The molecule has 49 heavy (non-hydrogen) atoms. The number of ketones is 2. The highest BCUT2D eigenvalue weighted by molar-refractivity contribution is 7.86. The van der Waals surface area contributed by atoms with Crippen molar-refractivity contribution in [3.05, 3.63) is 74.6 Å². The van der Waals surface area contributed by atoms with Crippen LogP contribution in [0.5, 0.6) is 6.01 Å². The summed E-state index contributed by atoms with van der Waals surface area (Å²) in [5, 5.41) is 5.49. The third-order valence-corrected chi connectivity index (χ3v) is 9.85. The van der Waals surface area contributed by atoms with Gasteiger partial charge in [0.25, 0.3) is 20.2 Å². The maximum atomic E-state index is 13.8. The smallest absolute Gasteiger partial charge is 0.322 e. The molecular weight excluding hydrogens is 704 g/mol. The summed E-state index contributed by atoms with van der Waals surface area (Å²) in [5.74, 6) is -1.65. The molecule has 0 aliphatic heterocycles. The number of hydrogen-bond donors (Lipinski definition) is 5. The minimum Gasteiger partial charge on any atom is -0.461 e. The van der Waals surface area contributed by atoms with E-state index in [0.717, 1.165) is 6.07 Å². The maximum Gasteiger partial charge on any atom is 0.322 e. The van der Waals surface area contributed by atoms with Crippen LogP contribution < -0.4 is 21.1 Å². The van der Waals surface area contributed by atoms with Crippen LogP contribution in [0.3, 0.4) is 0 Å². The molecule has 0 amide bonds. The summed E-state index contributed by atoms with van der Waals surface area (Å²) in [6.45, 7) is 6.88. The number of carbonyl (C=O) groups is 2. The maximum absolute atomic E-state index is 13.8. The number of benzene rings is 3. The second-order valence-electron chi connectivity index (χ2n) is 10.7. The molecule has 19 heteroatoms. The Hall–Kier alpha value is -4.72. The van der Waals surface area contributed by atoms with E-state index in [1.165, 1.54) is 45.0 Å². The largest absolute Gasteiger partial charge is 0.461 e. The predicted molar refractivity (Wildman–Crippen MR) is 178 cm³/mol. The van der Waals surface area contributed by atoms with E-state index in [0.29, 0.717) is 6.61 Å². The lowest BCUT2D eigenvalue weighted by molar-refractivity contribution is 0.0980. The molecule has 0 saturated heterocycles. The minimum atomic E-state index is -5.06. The van der Waals surface area contributed by atoms with Gasteiger partial charge in [-0.15, -0.1) is 0 Å². The van der Waals surface area contributed by atoms with Crippen LogP contribution in [0.1, 0.15) is 55.5 Å². The van der Waals surface area contributed by atoms with Crippen LogP contribution in [0.4, 0.5) is 28.7 Å². The Kier molecular flexibility index (Phi) is 9.66. The van der Waals surface area contributed by atoms with Crippen molar-refractivity contribution < 1.29 is 45.0 Å². The van der Waals surface area contributed by atoms with Gasteiger partial charge in [0.15, 0.2) is 11.6 Å². The molecule has 3 aromatic carbocycles. The summed E-state index contributed by atoms with van der Waals surface area (Å²) in [7, 11) is -9.99. The predicted octanol–water partition coefficient (Wildman–Crippen LogP) is 4.20. The molecule has 0 saturated carbocycles. The number of anilines is 5. The average Bonchev–Trinajstić information content (AvgIpc) is 3.01. The van der Waals surface area contributed by atoms with Gasteiger partial charge in [-0.2, -0.15) is 31.8 Å². The number of rotatable bonds is 11. The monoisotopic (exact) mass is 732 g/mol. The number of nitrogens with one attached hydrogen (secondary N) is 2. The van der Waals surface area contributed by atoms with Gasteiger partial charge in [-0.05, 0) is 62.1 Å². The highest BCUT2D eigenvalue weighted by atomic mass is 35.5. The Balaban J connectivity index is 1.72. The molecule has 1 aliphatic carbocycles. The van der Waals surface area contributed by atoms with E-state index < -0.39 is 52.8 Å². The van der Waals surface area contributed by atoms with Crippen LogP contribution in [0.15, 0.2) is 40.1 Å². The Bertz CT molecular complexity index is 2280. The Morgan fingerprint density at radius 2 is 1.43 bits per heavy atom. The highest BCUT2D eigenvalue weighted by Gasteiger charge is 2.37. The number of carbonyl (C=O) groups excluding carboxylic acids is 2. The Labute approximate surface area is 285 Å². The van der Waals surface area contributed by atoms with Crippen LogP contribution >= 0.6 is 11.6 Å². The normalized spacial score (nSPS) is 12.8. The first-order valence-electron chi connectivity index (χ1n) is 14.3. The molecule has 5 rings (SSSR count). The summed E-state index contributed by atoms with van der Waals surface area (Å²) in [5.41, 5.74) is 4.54. The van der Waals surface area contributed by atoms with Crippen molar-refractivity contribution in [2.75, 3.05) is 36.2 Å². The van der Waals surface area contributed by atoms with Gasteiger partial charge in [-0.1, -0.05) is 24.3 Å². The van der Waals surface area contributed by atoms with Gasteiger partial charge >= 0.3 is 6.01 Å². The van der Waals surface area contributed by atoms with E-state index in [4.69, 9.17) is 26.8 Å². The molecule has 6 N–H and O–H groups in total. The zero-order chi connectivity index (χ0) is 36.0. The number of nitrogen functional groups attached to an aromatic ring is 1. The van der Waals surface area contributed by atoms with Crippen LogP contribution in [0.2, 0.25) is 5.28 Å². The standard InChI is InChI=1S/C30H29ClN6O10S2/c1-5-46-10-11-47-30-36-28(31)35-29(37-30)34-24-13(2)23(14(3)27(15(24)4)49(43,44)45)33-18-12-19(48(40,41)42)22(32)21-20(18)25(38)16-8-6-7-9-17(16)26(21)39/h6-9,12,33H,5,10-11,32H2,1-4H3,(H,40,41,42)(H,43,44,45)(H,34,35,36,37). The van der Waals surface area contributed by atoms with Crippen molar-refractivity contribution in [2.45, 2.75) is 37.5 Å². The quantitative estimate of drug-likeness (QED) is 0.0725. The molecule has 1 aromatic heterocycles. The topological polar surface area (TPSA) is 250 Å². The van der Waals surface area contributed by atoms with E-state index in [2.05, 4.69) is 25.6 Å². The molecule has 4 aromatic rings. The van der Waals surface area contributed by atoms with Crippen molar-refractivity contribution in [1.29, 1.82) is 0 Å². The summed E-state index contributed by atoms with van der Waals surface area (Å²) in [6, 6.07) is 6.51.